The van der Waals surface area contributed by atoms with Crippen LogP contribution in [0.5, 0.6) is 0 Å². The van der Waals surface area contributed by atoms with Crippen LogP contribution in [-0.2, 0) is 9.59 Å². The molecule has 3 N–H and O–H groups in total. The van der Waals surface area contributed by atoms with Gasteiger partial charge in [0.2, 0.25) is 5.91 Å². The van der Waals surface area contributed by atoms with E-state index in [1.807, 2.05) is 54.6 Å². The van der Waals surface area contributed by atoms with Gasteiger partial charge in [-0.15, -0.1) is 11.3 Å². The summed E-state index contributed by atoms with van der Waals surface area (Å²) < 4.78 is 0. The third-order valence-electron chi connectivity index (χ3n) is 5.34. The Bertz CT molecular complexity index is 1190. The van der Waals surface area contributed by atoms with Gasteiger partial charge < -0.3 is 16.0 Å². The van der Waals surface area contributed by atoms with Crippen molar-refractivity contribution in [1.82, 2.24) is 20.1 Å². The zero-order valence-electron chi connectivity index (χ0n) is 19.9. The van der Waals surface area contributed by atoms with Crippen LogP contribution in [0.1, 0.15) is 35.6 Å². The molecule has 0 saturated heterocycles. The summed E-state index contributed by atoms with van der Waals surface area (Å²) in [4.78, 5) is 43.9. The molecule has 1 aromatic carbocycles. The van der Waals surface area contributed by atoms with Gasteiger partial charge in [0.05, 0.1) is 12.2 Å². The lowest BCUT2D eigenvalue weighted by atomic mass is 10.0. The molecule has 0 aliphatic carbocycles. The lowest BCUT2D eigenvalue weighted by molar-refractivity contribution is -0.129. The smallest absolute Gasteiger partial charge is 0.257 e. The summed E-state index contributed by atoms with van der Waals surface area (Å²) in [5.74, 6) is -1.05. The molecule has 0 bridgehead atoms. The minimum absolute atomic E-state index is 0.145. The number of nitrogens with one attached hydrogen (secondary N) is 1. The molecule has 1 atom stereocenters. The van der Waals surface area contributed by atoms with E-state index in [4.69, 9.17) is 16.0 Å². The Morgan fingerprint density at radius 3 is 2.63 bits per heavy atom. The van der Waals surface area contributed by atoms with Crippen molar-refractivity contribution >= 4 is 34.6 Å². The summed E-state index contributed by atoms with van der Waals surface area (Å²) in [6.07, 6.45) is 7.87. The van der Waals surface area contributed by atoms with Crippen LogP contribution in [0.3, 0.4) is 0 Å². The topological polar surface area (TPSA) is 132 Å². The van der Waals surface area contributed by atoms with Crippen molar-refractivity contribution in [2.75, 3.05) is 20.1 Å². The van der Waals surface area contributed by atoms with Gasteiger partial charge in [-0.05, 0) is 36.7 Å². The molecule has 0 fully saturated rings. The summed E-state index contributed by atoms with van der Waals surface area (Å²) in [6.45, 7) is 4.59. The molecule has 0 radical (unpaired) electrons. The minimum atomic E-state index is -0.778. The number of carbonyl (C=O) groups is 3. The van der Waals surface area contributed by atoms with E-state index in [0.717, 1.165) is 26.7 Å². The quantitative estimate of drug-likeness (QED) is 0.408. The van der Waals surface area contributed by atoms with Gasteiger partial charge in [0, 0.05) is 35.7 Å². The van der Waals surface area contributed by atoms with Crippen molar-refractivity contribution in [1.29, 1.82) is 5.26 Å². The van der Waals surface area contributed by atoms with E-state index >= 15 is 0 Å². The van der Waals surface area contributed by atoms with Crippen LogP contribution in [0.2, 0.25) is 0 Å². The van der Waals surface area contributed by atoms with E-state index in [1.165, 1.54) is 18.4 Å². The molecule has 0 spiro atoms. The summed E-state index contributed by atoms with van der Waals surface area (Å²) in [5, 5.41) is 14.6. The van der Waals surface area contributed by atoms with Crippen LogP contribution < -0.4 is 11.1 Å². The van der Waals surface area contributed by atoms with Gasteiger partial charge in [0.25, 0.3) is 11.8 Å². The molecule has 9 nitrogen and oxygen atoms in total. The number of allylic oxidation sites excluding steroid dienone is 2. The first-order chi connectivity index (χ1) is 16.7. The zero-order chi connectivity index (χ0) is 25.5. The number of hydrogen-bond acceptors (Lipinski definition) is 7. The first-order valence-electron chi connectivity index (χ1n) is 11.1. The fraction of sp³-hybridized carbons (Fsp3) is 0.320. The third-order valence-corrected chi connectivity index (χ3v) is 6.26. The molecular formula is C25H28N6O3S. The van der Waals surface area contributed by atoms with Crippen molar-refractivity contribution in [2.45, 2.75) is 26.3 Å². The highest BCUT2D eigenvalue weighted by atomic mass is 32.1. The summed E-state index contributed by atoms with van der Waals surface area (Å²) in [5.41, 5.74) is 8.32. The lowest BCUT2D eigenvalue weighted by Crippen LogP contribution is -2.46. The van der Waals surface area contributed by atoms with Gasteiger partial charge in [-0.3, -0.25) is 19.3 Å². The minimum Gasteiger partial charge on any atom is -0.368 e. The van der Waals surface area contributed by atoms with Crippen LogP contribution in [0, 0.1) is 17.4 Å². The van der Waals surface area contributed by atoms with Crippen molar-refractivity contribution in [3.05, 3.63) is 58.6 Å². The number of amides is 3. The molecule has 35 heavy (non-hydrogen) atoms. The molecule has 1 aliphatic heterocycles. The molecular weight excluding hydrogens is 464 g/mol. The highest BCUT2D eigenvalue weighted by Crippen LogP contribution is 2.28. The third kappa shape index (κ3) is 6.77. The summed E-state index contributed by atoms with van der Waals surface area (Å²) in [6, 6.07) is 6.21. The summed E-state index contributed by atoms with van der Waals surface area (Å²) in [7, 11) is 1.38. The van der Waals surface area contributed by atoms with Crippen molar-refractivity contribution in [2.24, 2.45) is 11.7 Å². The van der Waals surface area contributed by atoms with Gasteiger partial charge in [-0.2, -0.15) is 5.26 Å². The normalized spacial score (nSPS) is 13.7. The van der Waals surface area contributed by atoms with Crippen LogP contribution in [0.15, 0.2) is 48.0 Å². The van der Waals surface area contributed by atoms with Gasteiger partial charge in [0.15, 0.2) is 6.19 Å². The van der Waals surface area contributed by atoms with Crippen molar-refractivity contribution < 1.29 is 14.4 Å². The van der Waals surface area contributed by atoms with Crippen molar-refractivity contribution in [3.63, 3.8) is 0 Å². The number of nitrogens with zero attached hydrogens (tertiary/aromatic N) is 4. The maximum Gasteiger partial charge on any atom is 0.257 e. The number of primary amides is 1. The van der Waals surface area contributed by atoms with E-state index in [2.05, 4.69) is 5.32 Å². The Kier molecular flexibility index (Phi) is 8.39. The molecule has 2 heterocycles. The van der Waals surface area contributed by atoms with Gasteiger partial charge in [0.1, 0.15) is 11.0 Å². The SMILES string of the molecule is CC(C)C[C@H](NC(=O)c1ccc(-c2csc(C3=CC=CN(CC(N)=O)C3)n2)cc1)C(=O)N(C)C#N. The number of carbonyl (C=O) groups excluding carboxylic acids is 3. The van der Waals surface area contributed by atoms with E-state index < -0.39 is 17.9 Å². The predicted octanol–water partition coefficient (Wildman–Crippen LogP) is 2.59. The number of hydrogen-bond donors (Lipinski definition) is 2. The standard InChI is InChI=1S/C25H28N6O3S/c1-16(2)11-20(25(34)30(3)15-26)28-23(33)18-8-6-17(7-9-18)21-14-35-24(29-21)19-5-4-10-31(12-19)13-22(27)32/h4-10,14,16,20H,11-13H2,1-3H3,(H2,27,32)(H,28,33)/t20-/m0/s1. The van der Waals surface area contributed by atoms with Crippen molar-refractivity contribution in [3.8, 4) is 17.5 Å². The Labute approximate surface area is 208 Å². The Balaban J connectivity index is 1.69. The maximum atomic E-state index is 12.8. The monoisotopic (exact) mass is 492 g/mol. The Morgan fingerprint density at radius 2 is 2.00 bits per heavy atom. The first kappa shape index (κ1) is 25.6. The van der Waals surface area contributed by atoms with E-state index in [0.29, 0.717) is 18.5 Å². The second-order valence-electron chi connectivity index (χ2n) is 8.67. The first-order valence-corrected chi connectivity index (χ1v) is 12.0. The molecule has 182 valence electrons. The number of nitriles is 1. The highest BCUT2D eigenvalue weighted by molar-refractivity contribution is 7.11. The molecule has 1 aromatic heterocycles. The Morgan fingerprint density at radius 1 is 1.29 bits per heavy atom. The zero-order valence-corrected chi connectivity index (χ0v) is 20.7. The Hall–Kier alpha value is -3.97. The molecule has 0 unspecified atom stereocenters. The molecule has 10 heteroatoms. The van der Waals surface area contributed by atoms with Gasteiger partial charge >= 0.3 is 0 Å². The number of thiazole rings is 1. The van der Waals surface area contributed by atoms with Gasteiger partial charge in [-0.1, -0.05) is 32.1 Å². The van der Waals surface area contributed by atoms with E-state index in [-0.39, 0.29) is 18.4 Å². The van der Waals surface area contributed by atoms with Gasteiger partial charge in [-0.25, -0.2) is 4.98 Å². The number of rotatable bonds is 9. The van der Waals surface area contributed by atoms with Crippen LogP contribution in [0.4, 0.5) is 0 Å². The largest absolute Gasteiger partial charge is 0.368 e. The van der Waals surface area contributed by atoms with E-state index in [9.17, 15) is 14.4 Å². The number of nitrogens with two attached hydrogens (primary N) is 1. The maximum absolute atomic E-state index is 12.8. The molecule has 3 amide bonds. The number of benzene rings is 1. The average Bonchev–Trinajstić information content (AvgIpc) is 3.32. The van der Waals surface area contributed by atoms with Crippen LogP contribution >= 0.6 is 11.3 Å². The number of aromatic nitrogens is 1. The molecule has 2 aromatic rings. The molecule has 3 rings (SSSR count). The molecule has 0 saturated carbocycles. The highest BCUT2D eigenvalue weighted by Gasteiger charge is 2.25. The summed E-state index contributed by atoms with van der Waals surface area (Å²) >= 11 is 1.50. The second kappa shape index (κ2) is 11.4. The van der Waals surface area contributed by atoms with E-state index in [1.54, 1.807) is 18.3 Å². The van der Waals surface area contributed by atoms with Crippen LogP contribution in [-0.4, -0.2) is 58.7 Å². The predicted molar refractivity (Wildman–Crippen MR) is 135 cm³/mol. The fourth-order valence-electron chi connectivity index (χ4n) is 3.62. The number of likely N-dealkylation sites (N-methyl/N-ethyl adjacent to an activating group) is 1. The van der Waals surface area contributed by atoms with Crippen LogP contribution in [0.25, 0.3) is 16.8 Å². The lowest BCUT2D eigenvalue weighted by Gasteiger charge is -2.22. The fourth-order valence-corrected chi connectivity index (χ4v) is 4.46. The second-order valence-corrected chi connectivity index (χ2v) is 9.53. The molecule has 1 aliphatic rings. The average molecular weight is 493 g/mol.